The van der Waals surface area contributed by atoms with E-state index in [0.29, 0.717) is 62.1 Å². The Labute approximate surface area is 164 Å². The third kappa shape index (κ3) is 4.97. The van der Waals surface area contributed by atoms with Crippen LogP contribution in [0.1, 0.15) is 23.7 Å². The Morgan fingerprint density at radius 1 is 1.14 bits per heavy atom. The Kier molecular flexibility index (Phi) is 6.78. The molecule has 0 spiro atoms. The van der Waals surface area contributed by atoms with Gasteiger partial charge in [0.2, 0.25) is 5.95 Å². The summed E-state index contributed by atoms with van der Waals surface area (Å²) in [6.45, 7) is 4.93. The fourth-order valence-electron chi connectivity index (χ4n) is 2.89. The van der Waals surface area contributed by atoms with E-state index >= 15 is 0 Å². The van der Waals surface area contributed by atoms with E-state index in [-0.39, 0.29) is 12.5 Å². The number of carbonyl (C=O) groups excluding carboxylic acids is 2. The van der Waals surface area contributed by atoms with E-state index in [9.17, 15) is 9.59 Å². The molecule has 0 unspecified atom stereocenters. The predicted octanol–water partition coefficient (Wildman–Crippen LogP) is 1.81. The molecular weight excluding hydrogens is 360 g/mol. The van der Waals surface area contributed by atoms with Crippen molar-refractivity contribution in [2.45, 2.75) is 13.3 Å². The lowest BCUT2D eigenvalue weighted by Gasteiger charge is -2.34. The second-order valence-electron chi connectivity index (χ2n) is 6.37. The third-order valence-corrected chi connectivity index (χ3v) is 4.40. The van der Waals surface area contributed by atoms with Gasteiger partial charge in [0.25, 0.3) is 5.91 Å². The van der Waals surface area contributed by atoms with Crippen molar-refractivity contribution in [3.05, 3.63) is 42.2 Å². The molecule has 1 aromatic carbocycles. The summed E-state index contributed by atoms with van der Waals surface area (Å²) in [4.78, 5) is 36.0. The molecule has 148 valence electrons. The van der Waals surface area contributed by atoms with Crippen LogP contribution in [0.3, 0.4) is 0 Å². The smallest absolute Gasteiger partial charge is 0.260 e. The zero-order chi connectivity index (χ0) is 19.8. The average Bonchev–Trinajstić information content (AvgIpc) is 2.76. The minimum atomic E-state index is -0.125. The molecule has 0 bridgehead atoms. The topological polar surface area (TPSA) is 84.9 Å². The largest absolute Gasteiger partial charge is 0.493 e. The highest BCUT2D eigenvalue weighted by atomic mass is 16.5. The molecule has 2 aromatic rings. The summed E-state index contributed by atoms with van der Waals surface area (Å²) >= 11 is 0. The summed E-state index contributed by atoms with van der Waals surface area (Å²) in [5.41, 5.74) is 0.391. The van der Waals surface area contributed by atoms with E-state index in [1.807, 2.05) is 11.8 Å². The molecule has 0 atom stereocenters. The number of nitrogens with zero attached hydrogens (tertiary/aromatic N) is 4. The number of hydrogen-bond acceptors (Lipinski definition) is 7. The first-order valence-electron chi connectivity index (χ1n) is 9.36. The standard InChI is InChI=1S/C20H24N4O4/c1-2-12-27-17-5-4-16(14-25)18(13-17)28-15-19(26)23-8-10-24(11-9-23)20-21-6-3-7-22-20/h3-7,13-14H,2,8-12,15H2,1H3. The zero-order valence-corrected chi connectivity index (χ0v) is 15.9. The Balaban J connectivity index is 1.54. The number of benzene rings is 1. The van der Waals surface area contributed by atoms with E-state index in [1.54, 1.807) is 41.6 Å². The van der Waals surface area contributed by atoms with Crippen LogP contribution >= 0.6 is 0 Å². The van der Waals surface area contributed by atoms with Crippen molar-refractivity contribution in [3.8, 4) is 11.5 Å². The first-order valence-corrected chi connectivity index (χ1v) is 9.36. The summed E-state index contributed by atoms with van der Waals surface area (Å²) in [7, 11) is 0. The first-order chi connectivity index (χ1) is 13.7. The molecule has 1 aliphatic heterocycles. The Hall–Kier alpha value is -3.16. The zero-order valence-electron chi connectivity index (χ0n) is 15.9. The van der Waals surface area contributed by atoms with Gasteiger partial charge in [-0.3, -0.25) is 9.59 Å². The molecule has 1 amide bonds. The second kappa shape index (κ2) is 9.68. The fraction of sp³-hybridized carbons (Fsp3) is 0.400. The second-order valence-corrected chi connectivity index (χ2v) is 6.37. The van der Waals surface area contributed by atoms with Crippen molar-refractivity contribution >= 4 is 18.1 Å². The molecule has 1 aliphatic rings. The number of hydrogen-bond donors (Lipinski definition) is 0. The number of ether oxygens (including phenoxy) is 2. The van der Waals surface area contributed by atoms with Gasteiger partial charge in [-0.25, -0.2) is 9.97 Å². The van der Waals surface area contributed by atoms with Crippen molar-refractivity contribution in [1.29, 1.82) is 0 Å². The minimum absolute atomic E-state index is 0.120. The highest BCUT2D eigenvalue weighted by molar-refractivity contribution is 5.81. The molecule has 0 saturated carbocycles. The number of amides is 1. The molecule has 1 fully saturated rings. The number of aromatic nitrogens is 2. The van der Waals surface area contributed by atoms with Crippen molar-refractivity contribution in [1.82, 2.24) is 14.9 Å². The summed E-state index contributed by atoms with van der Waals surface area (Å²) < 4.78 is 11.2. The van der Waals surface area contributed by atoms with Gasteiger partial charge in [-0.15, -0.1) is 0 Å². The van der Waals surface area contributed by atoms with Crippen LogP contribution in [0, 0.1) is 0 Å². The minimum Gasteiger partial charge on any atom is -0.493 e. The van der Waals surface area contributed by atoms with Crippen molar-refractivity contribution in [2.75, 3.05) is 44.3 Å². The van der Waals surface area contributed by atoms with Gasteiger partial charge in [0.05, 0.1) is 12.2 Å². The van der Waals surface area contributed by atoms with E-state index in [0.717, 1.165) is 6.42 Å². The van der Waals surface area contributed by atoms with Crippen LogP contribution in [0.15, 0.2) is 36.7 Å². The fourth-order valence-corrected chi connectivity index (χ4v) is 2.89. The molecule has 0 radical (unpaired) electrons. The van der Waals surface area contributed by atoms with Crippen molar-refractivity contribution in [3.63, 3.8) is 0 Å². The highest BCUT2D eigenvalue weighted by Crippen LogP contribution is 2.24. The lowest BCUT2D eigenvalue weighted by molar-refractivity contribution is -0.133. The molecule has 8 nitrogen and oxygen atoms in total. The predicted molar refractivity (Wildman–Crippen MR) is 104 cm³/mol. The van der Waals surface area contributed by atoms with Crippen LogP contribution in [0.25, 0.3) is 0 Å². The van der Waals surface area contributed by atoms with E-state index in [4.69, 9.17) is 9.47 Å². The van der Waals surface area contributed by atoms with Crippen LogP contribution < -0.4 is 14.4 Å². The number of piperazine rings is 1. The Morgan fingerprint density at radius 3 is 2.57 bits per heavy atom. The summed E-state index contributed by atoms with van der Waals surface area (Å²) in [5.74, 6) is 1.52. The van der Waals surface area contributed by atoms with E-state index in [2.05, 4.69) is 9.97 Å². The van der Waals surface area contributed by atoms with Crippen LogP contribution in [0.2, 0.25) is 0 Å². The maximum absolute atomic E-state index is 12.5. The lowest BCUT2D eigenvalue weighted by Crippen LogP contribution is -2.50. The van der Waals surface area contributed by atoms with Crippen LogP contribution in [0.5, 0.6) is 11.5 Å². The van der Waals surface area contributed by atoms with Crippen molar-refractivity contribution in [2.24, 2.45) is 0 Å². The summed E-state index contributed by atoms with van der Waals surface area (Å²) in [6, 6.07) is 6.78. The number of aldehydes is 1. The van der Waals surface area contributed by atoms with Crippen LogP contribution in [0.4, 0.5) is 5.95 Å². The number of anilines is 1. The molecule has 0 N–H and O–H groups in total. The van der Waals surface area contributed by atoms with Crippen LogP contribution in [-0.2, 0) is 4.79 Å². The van der Waals surface area contributed by atoms with Crippen molar-refractivity contribution < 1.29 is 19.1 Å². The maximum Gasteiger partial charge on any atom is 0.260 e. The van der Waals surface area contributed by atoms with Gasteiger partial charge in [0, 0.05) is 44.6 Å². The van der Waals surface area contributed by atoms with Gasteiger partial charge in [-0.05, 0) is 24.6 Å². The molecule has 28 heavy (non-hydrogen) atoms. The average molecular weight is 384 g/mol. The molecule has 3 rings (SSSR count). The van der Waals surface area contributed by atoms with Crippen LogP contribution in [-0.4, -0.2) is 66.5 Å². The van der Waals surface area contributed by atoms with Gasteiger partial charge in [-0.1, -0.05) is 6.92 Å². The number of carbonyl (C=O) groups is 2. The molecule has 2 heterocycles. The van der Waals surface area contributed by atoms with Gasteiger partial charge in [0.1, 0.15) is 11.5 Å². The van der Waals surface area contributed by atoms with Gasteiger partial charge in [0.15, 0.2) is 12.9 Å². The molecular formula is C20H24N4O4. The monoisotopic (exact) mass is 384 g/mol. The summed E-state index contributed by atoms with van der Waals surface area (Å²) in [5, 5.41) is 0. The third-order valence-electron chi connectivity index (χ3n) is 4.40. The van der Waals surface area contributed by atoms with Gasteiger partial charge < -0.3 is 19.3 Å². The van der Waals surface area contributed by atoms with E-state index in [1.165, 1.54) is 0 Å². The normalized spacial score (nSPS) is 13.9. The molecule has 0 aliphatic carbocycles. The maximum atomic E-state index is 12.5. The Bertz CT molecular complexity index is 792. The molecule has 8 heteroatoms. The quantitative estimate of drug-likeness (QED) is 0.642. The summed E-state index contributed by atoms with van der Waals surface area (Å²) in [6.07, 6.45) is 5.00. The lowest BCUT2D eigenvalue weighted by atomic mass is 10.2. The van der Waals surface area contributed by atoms with Gasteiger partial charge >= 0.3 is 0 Å². The highest BCUT2D eigenvalue weighted by Gasteiger charge is 2.23. The number of rotatable bonds is 8. The molecule has 1 saturated heterocycles. The SMILES string of the molecule is CCCOc1ccc(C=O)c(OCC(=O)N2CCN(c3ncccn3)CC2)c1. The Morgan fingerprint density at radius 2 is 1.89 bits per heavy atom. The van der Waals surface area contributed by atoms with Gasteiger partial charge in [-0.2, -0.15) is 0 Å². The first kappa shape index (κ1) is 19.6. The molecule has 1 aromatic heterocycles. The van der Waals surface area contributed by atoms with E-state index < -0.39 is 0 Å².